The third-order valence-corrected chi connectivity index (χ3v) is 4.74. The summed E-state index contributed by atoms with van der Waals surface area (Å²) in [7, 11) is 3.03. The molecular weight excluding hydrogens is 373 g/mol. The molecule has 0 amide bonds. The van der Waals surface area contributed by atoms with Gasteiger partial charge in [-0.1, -0.05) is 0 Å². The van der Waals surface area contributed by atoms with E-state index in [4.69, 9.17) is 9.47 Å². The number of fused-ring (bicyclic) bond motifs is 2. The molecule has 0 spiro atoms. The second-order valence-electron chi connectivity index (χ2n) is 5.20. The van der Waals surface area contributed by atoms with Gasteiger partial charge in [0.2, 0.25) is 0 Å². The van der Waals surface area contributed by atoms with E-state index >= 15 is 0 Å². The Bertz CT molecular complexity index is 540. The van der Waals surface area contributed by atoms with Gasteiger partial charge >= 0.3 is 12.0 Å². The highest BCUT2D eigenvalue weighted by Crippen LogP contribution is 2.44. The van der Waals surface area contributed by atoms with Crippen LogP contribution in [0.25, 0.3) is 0 Å². The topological polar surface area (TPSA) is 64.5 Å². The fourth-order valence-corrected chi connectivity index (χ4v) is 3.78. The zero-order chi connectivity index (χ0) is 14.3. The van der Waals surface area contributed by atoms with Crippen molar-refractivity contribution >= 4 is 34.4 Å². The molecule has 1 aromatic rings. The Morgan fingerprint density at radius 1 is 1.40 bits per heavy atom. The van der Waals surface area contributed by atoms with Gasteiger partial charge in [-0.05, 0) is 41.4 Å². The first-order valence-corrected chi connectivity index (χ1v) is 7.63. The lowest BCUT2D eigenvalue weighted by Gasteiger charge is -2.31. The highest BCUT2D eigenvalue weighted by molar-refractivity contribution is 14.1. The third-order valence-electron chi connectivity index (χ3n) is 4.18. The molecule has 1 saturated carbocycles. The molecule has 0 N–H and O–H groups in total. The Hall–Kier alpha value is -1.12. The van der Waals surface area contributed by atoms with Crippen LogP contribution in [0.2, 0.25) is 0 Å². The molecule has 2 fully saturated rings. The zero-order valence-electron chi connectivity index (χ0n) is 11.4. The van der Waals surface area contributed by atoms with Crippen molar-refractivity contribution in [3.63, 3.8) is 0 Å². The lowest BCUT2D eigenvalue weighted by molar-refractivity contribution is -0.146. The van der Waals surface area contributed by atoms with Gasteiger partial charge in [0.1, 0.15) is 9.52 Å². The standard InChI is InChI=1S/C13H16IN3O3/c1-19-12(18)9-4-8-3-7(9)6-17(8)11-5-10(14)15-13(16-11)20-2/h5,7-9H,3-4,6H2,1-2H3/t7-,8+,9+/m0/s1. The molecular formula is C13H16IN3O3. The van der Waals surface area contributed by atoms with E-state index in [0.717, 1.165) is 28.9 Å². The van der Waals surface area contributed by atoms with E-state index in [0.29, 0.717) is 18.0 Å². The molecule has 2 bridgehead atoms. The lowest BCUT2D eigenvalue weighted by Crippen LogP contribution is -2.38. The number of hydrogen-bond donors (Lipinski definition) is 0. The fourth-order valence-electron chi connectivity index (χ4n) is 3.30. The van der Waals surface area contributed by atoms with Gasteiger partial charge in [0.15, 0.2) is 0 Å². The summed E-state index contributed by atoms with van der Waals surface area (Å²) < 4.78 is 10.9. The van der Waals surface area contributed by atoms with E-state index in [1.807, 2.05) is 6.07 Å². The molecule has 0 unspecified atom stereocenters. The van der Waals surface area contributed by atoms with Gasteiger partial charge in [-0.3, -0.25) is 4.79 Å². The Balaban J connectivity index is 1.79. The van der Waals surface area contributed by atoms with Crippen molar-refractivity contribution in [1.29, 1.82) is 0 Å². The maximum atomic E-state index is 11.7. The van der Waals surface area contributed by atoms with Gasteiger partial charge in [-0.25, -0.2) is 0 Å². The molecule has 108 valence electrons. The number of esters is 1. The molecule has 1 aliphatic carbocycles. The number of nitrogens with zero attached hydrogens (tertiary/aromatic N) is 3. The van der Waals surface area contributed by atoms with Crippen LogP contribution in [0.15, 0.2) is 6.07 Å². The SMILES string of the molecule is COC(=O)[C@@H]1C[C@H]2C[C@H]1CN2c1cc(I)nc(OC)n1. The van der Waals surface area contributed by atoms with Crippen LogP contribution in [-0.4, -0.2) is 42.7 Å². The maximum absolute atomic E-state index is 11.7. The molecule has 0 radical (unpaired) electrons. The zero-order valence-corrected chi connectivity index (χ0v) is 13.5. The van der Waals surface area contributed by atoms with Crippen molar-refractivity contribution < 1.29 is 14.3 Å². The largest absolute Gasteiger partial charge is 0.469 e. The average Bonchev–Trinajstić information content (AvgIpc) is 3.05. The summed E-state index contributed by atoms with van der Waals surface area (Å²) in [5, 5.41) is 0. The molecule has 1 aromatic heterocycles. The van der Waals surface area contributed by atoms with Gasteiger partial charge in [0.05, 0.1) is 20.1 Å². The molecule has 1 aliphatic heterocycles. The first-order valence-electron chi connectivity index (χ1n) is 6.55. The van der Waals surface area contributed by atoms with Crippen LogP contribution in [-0.2, 0) is 9.53 Å². The molecule has 2 aliphatic rings. The van der Waals surface area contributed by atoms with Gasteiger partial charge in [-0.2, -0.15) is 9.97 Å². The number of carbonyl (C=O) groups excluding carboxylic acids is 1. The number of anilines is 1. The minimum absolute atomic E-state index is 0.0454. The Kier molecular flexibility index (Phi) is 3.70. The number of rotatable bonds is 3. The van der Waals surface area contributed by atoms with Crippen LogP contribution in [0.4, 0.5) is 5.82 Å². The minimum atomic E-state index is -0.0769. The van der Waals surface area contributed by atoms with Crippen molar-refractivity contribution in [1.82, 2.24) is 9.97 Å². The van der Waals surface area contributed by atoms with Crippen molar-refractivity contribution in [2.45, 2.75) is 18.9 Å². The Morgan fingerprint density at radius 2 is 2.20 bits per heavy atom. The number of halogens is 1. The summed E-state index contributed by atoms with van der Waals surface area (Å²) in [6, 6.07) is 2.70. The van der Waals surface area contributed by atoms with Crippen LogP contribution in [0, 0.1) is 15.5 Å². The number of hydrogen-bond acceptors (Lipinski definition) is 6. The summed E-state index contributed by atoms with van der Waals surface area (Å²) in [6.07, 6.45) is 1.88. The van der Waals surface area contributed by atoms with Crippen LogP contribution >= 0.6 is 22.6 Å². The van der Waals surface area contributed by atoms with Gasteiger partial charge in [0, 0.05) is 18.7 Å². The minimum Gasteiger partial charge on any atom is -0.469 e. The average molecular weight is 389 g/mol. The fraction of sp³-hybridized carbons (Fsp3) is 0.615. The van der Waals surface area contributed by atoms with Gasteiger partial charge < -0.3 is 14.4 Å². The highest BCUT2D eigenvalue weighted by atomic mass is 127. The van der Waals surface area contributed by atoms with Gasteiger partial charge in [0.25, 0.3) is 0 Å². The predicted molar refractivity (Wildman–Crippen MR) is 80.7 cm³/mol. The van der Waals surface area contributed by atoms with Crippen LogP contribution in [0.1, 0.15) is 12.8 Å². The van der Waals surface area contributed by atoms with Crippen molar-refractivity contribution in [3.8, 4) is 6.01 Å². The van der Waals surface area contributed by atoms with E-state index in [2.05, 4.69) is 37.5 Å². The molecule has 1 saturated heterocycles. The number of aromatic nitrogens is 2. The van der Waals surface area contributed by atoms with E-state index in [-0.39, 0.29) is 11.9 Å². The highest BCUT2D eigenvalue weighted by Gasteiger charge is 2.48. The van der Waals surface area contributed by atoms with E-state index in [9.17, 15) is 4.79 Å². The monoisotopic (exact) mass is 389 g/mol. The van der Waals surface area contributed by atoms with Crippen LogP contribution in [0.3, 0.4) is 0 Å². The summed E-state index contributed by atoms with van der Waals surface area (Å²) >= 11 is 2.16. The van der Waals surface area contributed by atoms with Crippen LogP contribution in [0.5, 0.6) is 6.01 Å². The Morgan fingerprint density at radius 3 is 2.80 bits per heavy atom. The first kappa shape index (κ1) is 13.8. The number of methoxy groups -OCH3 is 2. The molecule has 2 heterocycles. The van der Waals surface area contributed by atoms with E-state index in [1.54, 1.807) is 7.11 Å². The van der Waals surface area contributed by atoms with Gasteiger partial charge in [-0.15, -0.1) is 0 Å². The lowest BCUT2D eigenvalue weighted by atomic mass is 9.95. The molecule has 6 nitrogen and oxygen atoms in total. The number of carbonyl (C=O) groups is 1. The summed E-state index contributed by atoms with van der Waals surface area (Å²) in [5.74, 6) is 1.22. The predicted octanol–water partition coefficient (Wildman–Crippen LogP) is 1.48. The maximum Gasteiger partial charge on any atom is 0.319 e. The summed E-state index contributed by atoms with van der Waals surface area (Å²) in [5.41, 5.74) is 0. The first-order chi connectivity index (χ1) is 9.62. The number of piperidine rings is 1. The normalized spacial score (nSPS) is 27.8. The second-order valence-corrected chi connectivity index (χ2v) is 6.31. The molecule has 3 atom stereocenters. The molecule has 7 heteroatoms. The molecule has 3 rings (SSSR count). The smallest absolute Gasteiger partial charge is 0.319 e. The number of ether oxygens (including phenoxy) is 2. The third kappa shape index (κ3) is 2.32. The Labute approximate surface area is 131 Å². The van der Waals surface area contributed by atoms with Crippen LogP contribution < -0.4 is 9.64 Å². The quantitative estimate of drug-likeness (QED) is 0.444. The van der Waals surface area contributed by atoms with E-state index < -0.39 is 0 Å². The van der Waals surface area contributed by atoms with E-state index in [1.165, 1.54) is 7.11 Å². The summed E-state index contributed by atoms with van der Waals surface area (Å²) in [4.78, 5) is 22.6. The molecule has 20 heavy (non-hydrogen) atoms. The summed E-state index contributed by atoms with van der Waals surface area (Å²) in [6.45, 7) is 0.848. The van der Waals surface area contributed by atoms with Crippen molar-refractivity contribution in [2.75, 3.05) is 25.7 Å². The van der Waals surface area contributed by atoms with Crippen molar-refractivity contribution in [2.24, 2.45) is 11.8 Å². The molecule has 0 aromatic carbocycles. The van der Waals surface area contributed by atoms with Crippen molar-refractivity contribution in [3.05, 3.63) is 9.77 Å². The second kappa shape index (κ2) is 5.34.